The van der Waals surface area contributed by atoms with Gasteiger partial charge in [0.05, 0.1) is 17.7 Å². The summed E-state index contributed by atoms with van der Waals surface area (Å²) in [6.45, 7) is 7.62. The number of hydrogen-bond acceptors (Lipinski definition) is 6. The molecule has 1 atom stereocenters. The number of carbonyl (C=O) groups is 1. The van der Waals surface area contributed by atoms with Crippen LogP contribution in [0.15, 0.2) is 39.6 Å². The van der Waals surface area contributed by atoms with E-state index in [1.54, 1.807) is 12.1 Å². The molecule has 1 aliphatic heterocycles. The number of nitrogens with zero attached hydrogens (tertiary/aromatic N) is 4. The molecule has 1 unspecified atom stereocenters. The Morgan fingerprint density at radius 2 is 2.22 bits per heavy atom. The van der Waals surface area contributed by atoms with Crippen molar-refractivity contribution < 1.29 is 13.7 Å². The number of carbonyl (C=O) groups excluding carboxylic acids is 1. The van der Waals surface area contributed by atoms with E-state index < -0.39 is 0 Å². The smallest absolute Gasteiger partial charge is 0.286 e. The second-order valence-corrected chi connectivity index (χ2v) is 7.03. The molecule has 1 amide bonds. The fourth-order valence-electron chi connectivity index (χ4n) is 3.55. The summed E-state index contributed by atoms with van der Waals surface area (Å²) in [5.74, 6) is 1.22. The van der Waals surface area contributed by atoms with Gasteiger partial charge >= 0.3 is 0 Å². The van der Waals surface area contributed by atoms with E-state index in [0.29, 0.717) is 12.3 Å². The van der Waals surface area contributed by atoms with Crippen LogP contribution >= 0.6 is 0 Å². The molecular formula is C19H23N5O3. The quantitative estimate of drug-likeness (QED) is 0.741. The van der Waals surface area contributed by atoms with Crippen LogP contribution in [0.25, 0.3) is 0 Å². The number of aromatic nitrogens is 3. The third-order valence-corrected chi connectivity index (χ3v) is 5.00. The van der Waals surface area contributed by atoms with Gasteiger partial charge in [0, 0.05) is 50.4 Å². The second-order valence-electron chi connectivity index (χ2n) is 7.03. The molecule has 3 aromatic heterocycles. The SMILES string of the molecule is Cc1noc(C)c1CN1Cc2ccnn2CC(CNC(=O)c2ccco2)C1. The van der Waals surface area contributed by atoms with Crippen LogP contribution in [-0.2, 0) is 19.6 Å². The summed E-state index contributed by atoms with van der Waals surface area (Å²) in [4.78, 5) is 14.6. The standard InChI is InChI=1S/C19H23N5O3/c1-13-17(14(2)27-22-13)12-23-9-15(10-24-16(11-23)5-6-21-24)8-20-19(25)18-4-3-7-26-18/h3-7,15H,8-12H2,1-2H3,(H,20,25). The summed E-state index contributed by atoms with van der Waals surface area (Å²) in [5.41, 5.74) is 3.22. The predicted octanol–water partition coefficient (Wildman–Crippen LogP) is 2.14. The van der Waals surface area contributed by atoms with Crippen molar-refractivity contribution in [1.82, 2.24) is 25.2 Å². The monoisotopic (exact) mass is 369 g/mol. The summed E-state index contributed by atoms with van der Waals surface area (Å²) in [6.07, 6.45) is 3.33. The average molecular weight is 369 g/mol. The van der Waals surface area contributed by atoms with E-state index >= 15 is 0 Å². The van der Waals surface area contributed by atoms with E-state index in [1.807, 2.05) is 30.8 Å². The van der Waals surface area contributed by atoms with E-state index in [0.717, 1.165) is 43.2 Å². The fraction of sp³-hybridized carbons (Fsp3) is 0.421. The molecule has 0 radical (unpaired) electrons. The van der Waals surface area contributed by atoms with Crippen molar-refractivity contribution in [2.75, 3.05) is 13.1 Å². The van der Waals surface area contributed by atoms with Crippen LogP contribution in [0.5, 0.6) is 0 Å². The Labute approximate surface area is 157 Å². The number of furan rings is 1. The minimum atomic E-state index is -0.192. The number of hydrogen-bond donors (Lipinski definition) is 1. The molecule has 0 spiro atoms. The van der Waals surface area contributed by atoms with E-state index in [4.69, 9.17) is 8.94 Å². The molecular weight excluding hydrogens is 346 g/mol. The summed E-state index contributed by atoms with van der Waals surface area (Å²) >= 11 is 0. The topological polar surface area (TPSA) is 89.3 Å². The Morgan fingerprint density at radius 1 is 1.33 bits per heavy atom. The van der Waals surface area contributed by atoms with Crippen molar-refractivity contribution in [3.05, 3.63) is 59.1 Å². The number of fused-ring (bicyclic) bond motifs is 1. The molecule has 1 aliphatic rings. The zero-order valence-electron chi connectivity index (χ0n) is 15.5. The molecule has 1 N–H and O–H groups in total. The normalized spacial score (nSPS) is 17.5. The average Bonchev–Trinajstić information content (AvgIpc) is 3.37. The lowest BCUT2D eigenvalue weighted by atomic mass is 10.1. The molecule has 0 bridgehead atoms. The van der Waals surface area contributed by atoms with Crippen LogP contribution in [0.1, 0.15) is 33.3 Å². The van der Waals surface area contributed by atoms with E-state index in [9.17, 15) is 4.79 Å². The molecule has 0 saturated heterocycles. The lowest BCUT2D eigenvalue weighted by Crippen LogP contribution is -2.36. The molecule has 8 heteroatoms. The van der Waals surface area contributed by atoms with Gasteiger partial charge in [-0.3, -0.25) is 14.4 Å². The third kappa shape index (κ3) is 3.80. The molecule has 0 aliphatic carbocycles. The van der Waals surface area contributed by atoms with Crippen molar-refractivity contribution in [2.45, 2.75) is 33.5 Å². The van der Waals surface area contributed by atoms with Gasteiger partial charge in [-0.2, -0.15) is 5.10 Å². The Kier molecular flexibility index (Phi) is 4.81. The number of amides is 1. The van der Waals surface area contributed by atoms with Crippen molar-refractivity contribution in [3.63, 3.8) is 0 Å². The Hall–Kier alpha value is -2.87. The van der Waals surface area contributed by atoms with Crippen molar-refractivity contribution in [2.24, 2.45) is 5.92 Å². The molecule has 8 nitrogen and oxygen atoms in total. The first-order valence-corrected chi connectivity index (χ1v) is 9.06. The van der Waals surface area contributed by atoms with Crippen LogP contribution in [0, 0.1) is 19.8 Å². The number of rotatable bonds is 5. The van der Waals surface area contributed by atoms with E-state index in [2.05, 4.69) is 20.5 Å². The summed E-state index contributed by atoms with van der Waals surface area (Å²) in [5, 5.41) is 11.5. The van der Waals surface area contributed by atoms with Gasteiger partial charge in [0.1, 0.15) is 5.76 Å². The highest BCUT2D eigenvalue weighted by Gasteiger charge is 2.25. The Balaban J connectivity index is 1.47. The van der Waals surface area contributed by atoms with Crippen molar-refractivity contribution in [3.8, 4) is 0 Å². The summed E-state index contributed by atoms with van der Waals surface area (Å²) < 4.78 is 12.5. The summed E-state index contributed by atoms with van der Waals surface area (Å²) in [7, 11) is 0. The highest BCUT2D eigenvalue weighted by Crippen LogP contribution is 2.21. The molecule has 0 fully saturated rings. The van der Waals surface area contributed by atoms with Crippen LogP contribution in [0.2, 0.25) is 0 Å². The van der Waals surface area contributed by atoms with Gasteiger partial charge in [0.25, 0.3) is 5.91 Å². The Bertz CT molecular complexity index is 892. The lowest BCUT2D eigenvalue weighted by molar-refractivity contribution is 0.0912. The lowest BCUT2D eigenvalue weighted by Gasteiger charge is -2.24. The van der Waals surface area contributed by atoms with Crippen LogP contribution in [0.3, 0.4) is 0 Å². The van der Waals surface area contributed by atoms with Crippen LogP contribution in [0.4, 0.5) is 0 Å². The van der Waals surface area contributed by atoms with Crippen molar-refractivity contribution in [1.29, 1.82) is 0 Å². The third-order valence-electron chi connectivity index (χ3n) is 5.00. The minimum Gasteiger partial charge on any atom is -0.459 e. The van der Waals surface area contributed by atoms with Gasteiger partial charge in [-0.1, -0.05) is 5.16 Å². The number of nitrogens with one attached hydrogen (secondary N) is 1. The van der Waals surface area contributed by atoms with Gasteiger partial charge in [-0.05, 0) is 32.0 Å². The zero-order valence-corrected chi connectivity index (χ0v) is 15.5. The first kappa shape index (κ1) is 17.5. The minimum absolute atomic E-state index is 0.192. The van der Waals surface area contributed by atoms with Gasteiger partial charge in [0.2, 0.25) is 0 Å². The van der Waals surface area contributed by atoms with Gasteiger partial charge in [0.15, 0.2) is 5.76 Å². The van der Waals surface area contributed by atoms with Crippen LogP contribution in [-0.4, -0.2) is 38.8 Å². The first-order chi connectivity index (χ1) is 13.1. The molecule has 0 saturated carbocycles. The van der Waals surface area contributed by atoms with Gasteiger partial charge in [-0.25, -0.2) is 0 Å². The largest absolute Gasteiger partial charge is 0.459 e. The fourth-order valence-corrected chi connectivity index (χ4v) is 3.55. The van der Waals surface area contributed by atoms with E-state index in [1.165, 1.54) is 12.0 Å². The summed E-state index contributed by atoms with van der Waals surface area (Å²) in [6, 6.07) is 5.42. The molecule has 4 rings (SSSR count). The maximum atomic E-state index is 12.2. The maximum Gasteiger partial charge on any atom is 0.286 e. The van der Waals surface area contributed by atoms with E-state index in [-0.39, 0.29) is 11.8 Å². The maximum absolute atomic E-state index is 12.2. The zero-order chi connectivity index (χ0) is 18.8. The van der Waals surface area contributed by atoms with Gasteiger partial charge in [-0.15, -0.1) is 0 Å². The first-order valence-electron chi connectivity index (χ1n) is 9.06. The highest BCUT2D eigenvalue weighted by molar-refractivity contribution is 5.91. The predicted molar refractivity (Wildman–Crippen MR) is 96.8 cm³/mol. The number of aryl methyl sites for hydroxylation is 2. The second kappa shape index (κ2) is 7.40. The molecule has 27 heavy (non-hydrogen) atoms. The molecule has 4 heterocycles. The molecule has 142 valence electrons. The van der Waals surface area contributed by atoms with Crippen molar-refractivity contribution >= 4 is 5.91 Å². The Morgan fingerprint density at radius 3 is 2.96 bits per heavy atom. The molecule has 3 aromatic rings. The molecule has 0 aromatic carbocycles. The van der Waals surface area contributed by atoms with Crippen LogP contribution < -0.4 is 5.32 Å². The van der Waals surface area contributed by atoms with Gasteiger partial charge < -0.3 is 14.3 Å². The highest BCUT2D eigenvalue weighted by atomic mass is 16.5.